The molecular formula is C34H57N3O5. The number of nitrogens with one attached hydrogen (secondary N) is 1. The average molecular weight is 588 g/mol. The quantitative estimate of drug-likeness (QED) is 0.232. The van der Waals surface area contributed by atoms with Gasteiger partial charge in [0.15, 0.2) is 0 Å². The summed E-state index contributed by atoms with van der Waals surface area (Å²) in [6, 6.07) is 8.84. The van der Waals surface area contributed by atoms with E-state index in [1.54, 1.807) is 37.7 Å². The molecule has 8 nitrogen and oxygen atoms in total. The Balaban J connectivity index is 3.45. The minimum absolute atomic E-state index is 0.0620. The lowest BCUT2D eigenvalue weighted by Crippen LogP contribution is -2.60. The van der Waals surface area contributed by atoms with E-state index in [4.69, 9.17) is 9.47 Å². The highest BCUT2D eigenvalue weighted by molar-refractivity contribution is 5.88. The fraction of sp³-hybridized carbons (Fsp3) is 0.676. The molecule has 0 aliphatic rings. The van der Waals surface area contributed by atoms with E-state index in [1.807, 2.05) is 79.7 Å². The number of carbonyl (C=O) groups is 3. The number of hydrogen-bond acceptors (Lipinski definition) is 6. The number of ether oxygens (including phenoxy) is 2. The third-order valence-corrected chi connectivity index (χ3v) is 7.62. The molecule has 0 fully saturated rings. The minimum atomic E-state index is -0.645. The van der Waals surface area contributed by atoms with Gasteiger partial charge in [0.2, 0.25) is 5.91 Å². The van der Waals surface area contributed by atoms with Gasteiger partial charge in [-0.3, -0.25) is 4.79 Å². The Bertz CT molecular complexity index is 1070. The number of esters is 1. The van der Waals surface area contributed by atoms with Crippen LogP contribution >= 0.6 is 0 Å². The summed E-state index contributed by atoms with van der Waals surface area (Å²) in [5, 5.41) is 3.55. The summed E-state index contributed by atoms with van der Waals surface area (Å²) >= 11 is 0. The van der Waals surface area contributed by atoms with E-state index in [2.05, 4.69) is 31.3 Å². The highest BCUT2D eigenvalue weighted by Gasteiger charge is 2.41. The van der Waals surface area contributed by atoms with Crippen molar-refractivity contribution in [1.29, 1.82) is 0 Å². The van der Waals surface area contributed by atoms with Gasteiger partial charge in [0.05, 0.1) is 24.7 Å². The van der Waals surface area contributed by atoms with Gasteiger partial charge in [-0.2, -0.15) is 0 Å². The molecule has 1 N–H and O–H groups in total. The van der Waals surface area contributed by atoms with Crippen molar-refractivity contribution >= 4 is 18.0 Å². The third-order valence-electron chi connectivity index (χ3n) is 7.62. The van der Waals surface area contributed by atoms with Crippen LogP contribution in [0.5, 0.6) is 0 Å². The number of rotatable bonds is 12. The summed E-state index contributed by atoms with van der Waals surface area (Å²) in [6.45, 7) is 24.0. The van der Waals surface area contributed by atoms with Crippen LogP contribution in [0.15, 0.2) is 42.0 Å². The van der Waals surface area contributed by atoms with E-state index in [0.717, 1.165) is 5.56 Å². The first-order chi connectivity index (χ1) is 19.1. The third kappa shape index (κ3) is 10.4. The fourth-order valence-electron chi connectivity index (χ4n) is 5.06. The van der Waals surface area contributed by atoms with Gasteiger partial charge >= 0.3 is 12.1 Å². The monoisotopic (exact) mass is 587 g/mol. The first-order valence-electron chi connectivity index (χ1n) is 15.0. The van der Waals surface area contributed by atoms with Gasteiger partial charge in [-0.05, 0) is 51.5 Å². The summed E-state index contributed by atoms with van der Waals surface area (Å²) in [6.07, 6.45) is 1.39. The average Bonchev–Trinajstić information content (AvgIpc) is 2.87. The molecule has 0 aromatic heterocycles. The van der Waals surface area contributed by atoms with Crippen LogP contribution in [0.1, 0.15) is 88.6 Å². The van der Waals surface area contributed by atoms with Gasteiger partial charge < -0.3 is 24.6 Å². The zero-order valence-electron chi connectivity index (χ0n) is 28.6. The topological polar surface area (TPSA) is 88.2 Å². The molecule has 0 unspecified atom stereocenters. The molecule has 0 bridgehead atoms. The van der Waals surface area contributed by atoms with Crippen LogP contribution in [-0.4, -0.2) is 78.7 Å². The SMILES string of the molecule is CCOC(=O)/C(C)=C/[C@H](C(C)C)N(C)C(=O)[C@@H](NC[C@@H](N(C)C(=O)OC(C)(C)C)C(C)(C)c1ccccc1)C(C)(C)C. The number of benzene rings is 1. The molecule has 0 saturated heterocycles. The van der Waals surface area contributed by atoms with Crippen molar-refractivity contribution in [3.8, 4) is 0 Å². The number of carbonyl (C=O) groups excluding carboxylic acids is 3. The van der Waals surface area contributed by atoms with E-state index in [9.17, 15) is 14.4 Å². The molecule has 0 aliphatic heterocycles. The Kier molecular flexibility index (Phi) is 13.3. The lowest BCUT2D eigenvalue weighted by molar-refractivity contribution is -0.139. The Labute approximate surface area is 255 Å². The molecule has 0 aliphatic carbocycles. The van der Waals surface area contributed by atoms with Crippen molar-refractivity contribution in [3.63, 3.8) is 0 Å². The lowest BCUT2D eigenvalue weighted by Gasteiger charge is -2.43. The summed E-state index contributed by atoms with van der Waals surface area (Å²) < 4.78 is 10.9. The van der Waals surface area contributed by atoms with E-state index in [-0.39, 0.29) is 29.9 Å². The second kappa shape index (κ2) is 15.0. The van der Waals surface area contributed by atoms with Crippen molar-refractivity contribution in [2.75, 3.05) is 27.2 Å². The van der Waals surface area contributed by atoms with Crippen molar-refractivity contribution in [1.82, 2.24) is 15.1 Å². The van der Waals surface area contributed by atoms with Crippen molar-refractivity contribution in [2.24, 2.45) is 11.3 Å². The zero-order chi connectivity index (χ0) is 32.6. The maximum atomic E-state index is 14.1. The van der Waals surface area contributed by atoms with E-state index < -0.39 is 28.6 Å². The number of hydrogen-bond donors (Lipinski definition) is 1. The van der Waals surface area contributed by atoms with Crippen molar-refractivity contribution in [3.05, 3.63) is 47.5 Å². The summed E-state index contributed by atoms with van der Waals surface area (Å²) in [7, 11) is 3.53. The Hall–Kier alpha value is -2.87. The Morgan fingerprint density at radius 2 is 1.48 bits per heavy atom. The zero-order valence-corrected chi connectivity index (χ0v) is 28.6. The van der Waals surface area contributed by atoms with Crippen LogP contribution in [-0.2, 0) is 24.5 Å². The van der Waals surface area contributed by atoms with Crippen LogP contribution in [0.4, 0.5) is 4.79 Å². The van der Waals surface area contributed by atoms with Crippen LogP contribution in [0.2, 0.25) is 0 Å². The molecule has 1 rings (SSSR count). The predicted octanol–water partition coefficient (Wildman–Crippen LogP) is 6.20. The molecule has 42 heavy (non-hydrogen) atoms. The second-order valence-corrected chi connectivity index (χ2v) is 14.2. The first-order valence-corrected chi connectivity index (χ1v) is 15.0. The van der Waals surface area contributed by atoms with E-state index in [0.29, 0.717) is 18.7 Å². The second-order valence-electron chi connectivity index (χ2n) is 14.2. The summed E-state index contributed by atoms with van der Waals surface area (Å²) in [4.78, 5) is 43.1. The van der Waals surface area contributed by atoms with Gasteiger partial charge in [-0.15, -0.1) is 0 Å². The lowest BCUT2D eigenvalue weighted by atomic mass is 9.76. The summed E-state index contributed by atoms with van der Waals surface area (Å²) in [5.41, 5.74) is -0.0225. The molecule has 238 valence electrons. The Morgan fingerprint density at radius 1 is 0.929 bits per heavy atom. The van der Waals surface area contributed by atoms with Gasteiger partial charge in [-0.25, -0.2) is 9.59 Å². The first kappa shape index (κ1) is 37.2. The highest BCUT2D eigenvalue weighted by atomic mass is 16.6. The molecule has 0 radical (unpaired) electrons. The predicted molar refractivity (Wildman–Crippen MR) is 170 cm³/mol. The fourth-order valence-corrected chi connectivity index (χ4v) is 5.06. The van der Waals surface area contributed by atoms with Gasteiger partial charge in [-0.1, -0.05) is 84.9 Å². The maximum Gasteiger partial charge on any atom is 0.410 e. The van der Waals surface area contributed by atoms with Crippen LogP contribution in [0, 0.1) is 11.3 Å². The minimum Gasteiger partial charge on any atom is -0.463 e. The number of nitrogens with zero attached hydrogens (tertiary/aromatic N) is 2. The normalized spacial score (nSPS) is 15.1. The van der Waals surface area contributed by atoms with Gasteiger partial charge in [0.25, 0.3) is 0 Å². The van der Waals surface area contributed by atoms with E-state index >= 15 is 0 Å². The Morgan fingerprint density at radius 3 is 1.93 bits per heavy atom. The van der Waals surface area contributed by atoms with Crippen molar-refractivity contribution < 1.29 is 23.9 Å². The molecular weight excluding hydrogens is 530 g/mol. The molecule has 0 heterocycles. The van der Waals surface area contributed by atoms with Crippen LogP contribution < -0.4 is 5.32 Å². The standard InChI is InChI=1S/C34H57N3O5/c1-15-41-30(39)24(4)21-26(23(2)3)36(13)29(38)28(32(5,6)7)35-22-27(37(14)31(40)42-33(8,9)10)34(11,12)25-19-17-16-18-20-25/h16-21,23,26-28,35H,15,22H2,1-14H3/b24-21+/t26-,27-,28-/m1/s1. The molecule has 0 spiro atoms. The molecule has 0 saturated carbocycles. The molecule has 3 atom stereocenters. The van der Waals surface area contributed by atoms with Gasteiger partial charge in [0, 0.05) is 31.6 Å². The molecule has 1 aromatic carbocycles. The largest absolute Gasteiger partial charge is 0.463 e. The molecule has 1 aromatic rings. The summed E-state index contributed by atoms with van der Waals surface area (Å²) in [5.74, 6) is -0.414. The smallest absolute Gasteiger partial charge is 0.410 e. The van der Waals surface area contributed by atoms with E-state index in [1.165, 1.54) is 0 Å². The maximum absolute atomic E-state index is 14.1. The number of amides is 2. The van der Waals surface area contributed by atoms with Gasteiger partial charge in [0.1, 0.15) is 5.60 Å². The molecule has 2 amide bonds. The molecule has 8 heteroatoms. The van der Waals surface area contributed by atoms with Crippen LogP contribution in [0.3, 0.4) is 0 Å². The number of likely N-dealkylation sites (N-methyl/N-ethyl adjacent to an activating group) is 2. The highest BCUT2D eigenvalue weighted by Crippen LogP contribution is 2.32. The van der Waals surface area contributed by atoms with Crippen LogP contribution in [0.25, 0.3) is 0 Å². The van der Waals surface area contributed by atoms with Crippen molar-refractivity contribution in [2.45, 2.75) is 112 Å².